The second-order valence-corrected chi connectivity index (χ2v) is 9.82. The second kappa shape index (κ2) is 13.1. The van der Waals surface area contributed by atoms with Gasteiger partial charge in [0.2, 0.25) is 0 Å². The summed E-state index contributed by atoms with van der Waals surface area (Å²) in [6.07, 6.45) is 9.19. The molecule has 1 aliphatic heterocycles. The van der Waals surface area contributed by atoms with Crippen LogP contribution in [0.25, 0.3) is 0 Å². The minimum Gasteiger partial charge on any atom is -0.491 e. The minimum absolute atomic E-state index is 0.0140. The van der Waals surface area contributed by atoms with E-state index in [1.807, 2.05) is 51.1 Å². The van der Waals surface area contributed by atoms with Gasteiger partial charge in [-0.3, -0.25) is 4.79 Å². The zero-order chi connectivity index (χ0) is 24.5. The van der Waals surface area contributed by atoms with Crippen molar-refractivity contribution in [2.45, 2.75) is 83.7 Å². The van der Waals surface area contributed by atoms with Crippen LogP contribution < -0.4 is 4.74 Å². The van der Waals surface area contributed by atoms with Crippen molar-refractivity contribution >= 4 is 5.97 Å². The lowest BCUT2D eigenvalue weighted by molar-refractivity contribution is -0.147. The summed E-state index contributed by atoms with van der Waals surface area (Å²) < 4.78 is 17.0. The highest BCUT2D eigenvalue weighted by atomic mass is 16.5. The normalized spacial score (nSPS) is 25.6. The molecule has 188 valence electrons. The fraction of sp³-hybridized carbons (Fsp3) is 0.607. The smallest absolute Gasteiger partial charge is 0.306 e. The van der Waals surface area contributed by atoms with Gasteiger partial charge in [0.25, 0.3) is 0 Å². The van der Waals surface area contributed by atoms with Crippen molar-refractivity contribution in [1.82, 2.24) is 0 Å². The number of allylic oxidation sites excluding steroid dienone is 1. The van der Waals surface area contributed by atoms with Crippen LogP contribution in [0.3, 0.4) is 0 Å². The Kier molecular flexibility index (Phi) is 10.2. The van der Waals surface area contributed by atoms with E-state index < -0.39 is 12.2 Å². The van der Waals surface area contributed by atoms with E-state index in [9.17, 15) is 15.0 Å². The fourth-order valence-electron chi connectivity index (χ4n) is 4.77. The van der Waals surface area contributed by atoms with Crippen LogP contribution in [0.5, 0.6) is 5.75 Å². The summed E-state index contributed by atoms with van der Waals surface area (Å²) >= 11 is 0. The maximum atomic E-state index is 11.7. The summed E-state index contributed by atoms with van der Waals surface area (Å²) in [6, 6.07) is 7.74. The third kappa shape index (κ3) is 8.26. The van der Waals surface area contributed by atoms with Gasteiger partial charge < -0.3 is 24.4 Å². The number of unbranched alkanes of at least 4 members (excludes halogenated alkanes) is 1. The summed E-state index contributed by atoms with van der Waals surface area (Å²) in [5.41, 5.74) is 2.37. The second-order valence-electron chi connectivity index (χ2n) is 9.82. The Morgan fingerprint density at radius 3 is 2.88 bits per heavy atom. The number of hydrogen-bond donors (Lipinski definition) is 2. The molecule has 0 unspecified atom stereocenters. The SMILES string of the molecule is Cc1cccc(OC[C@H](O)/C=C/[C@@H]2[C@H]3CC=C(CCCCC(=O)OC(C)C)CO[C@H]3C[C@H]2O)c1. The molecule has 2 aliphatic rings. The molecule has 0 saturated heterocycles. The molecule has 5 atom stereocenters. The first-order valence-corrected chi connectivity index (χ1v) is 12.5. The van der Waals surface area contributed by atoms with Crippen molar-refractivity contribution in [3.8, 4) is 5.75 Å². The number of hydrogen-bond acceptors (Lipinski definition) is 6. The molecule has 6 heteroatoms. The number of aliphatic hydroxyl groups is 2. The van der Waals surface area contributed by atoms with Crippen molar-refractivity contribution < 1.29 is 29.2 Å². The zero-order valence-corrected chi connectivity index (χ0v) is 20.7. The van der Waals surface area contributed by atoms with Gasteiger partial charge in [-0.2, -0.15) is 0 Å². The Morgan fingerprint density at radius 2 is 2.12 bits per heavy atom. The van der Waals surface area contributed by atoms with E-state index in [0.717, 1.165) is 37.0 Å². The number of fused-ring (bicyclic) bond motifs is 1. The Balaban J connectivity index is 1.46. The van der Waals surface area contributed by atoms with E-state index in [4.69, 9.17) is 14.2 Å². The third-order valence-corrected chi connectivity index (χ3v) is 6.51. The first-order chi connectivity index (χ1) is 16.3. The van der Waals surface area contributed by atoms with Gasteiger partial charge in [0.15, 0.2) is 0 Å². The van der Waals surface area contributed by atoms with E-state index in [-0.39, 0.29) is 36.6 Å². The molecule has 1 aliphatic carbocycles. The molecule has 0 aromatic heterocycles. The molecular formula is C28H40O6. The van der Waals surface area contributed by atoms with Crippen molar-refractivity contribution in [1.29, 1.82) is 0 Å². The molecule has 0 spiro atoms. The molecule has 1 fully saturated rings. The topological polar surface area (TPSA) is 85.2 Å². The first-order valence-electron chi connectivity index (χ1n) is 12.5. The quantitative estimate of drug-likeness (QED) is 0.280. The van der Waals surface area contributed by atoms with Crippen LogP contribution in [0.2, 0.25) is 0 Å². The fourth-order valence-corrected chi connectivity index (χ4v) is 4.77. The molecule has 1 aromatic carbocycles. The molecule has 1 aromatic rings. The van der Waals surface area contributed by atoms with Gasteiger partial charge in [-0.05, 0) is 75.6 Å². The number of aryl methyl sites for hydroxylation is 1. The van der Waals surface area contributed by atoms with Crippen LogP contribution in [0.1, 0.15) is 57.9 Å². The van der Waals surface area contributed by atoms with Gasteiger partial charge in [-0.1, -0.05) is 30.4 Å². The largest absolute Gasteiger partial charge is 0.491 e. The van der Waals surface area contributed by atoms with Crippen molar-refractivity contribution in [2.24, 2.45) is 11.8 Å². The number of benzene rings is 1. The monoisotopic (exact) mass is 472 g/mol. The van der Waals surface area contributed by atoms with Gasteiger partial charge in [0, 0.05) is 18.8 Å². The van der Waals surface area contributed by atoms with Crippen LogP contribution in [0.4, 0.5) is 0 Å². The van der Waals surface area contributed by atoms with Crippen LogP contribution in [-0.4, -0.2) is 53.8 Å². The Morgan fingerprint density at radius 1 is 1.29 bits per heavy atom. The molecule has 3 rings (SSSR count). The number of ether oxygens (including phenoxy) is 3. The molecule has 0 radical (unpaired) electrons. The number of esters is 1. The van der Waals surface area contributed by atoms with Crippen molar-refractivity contribution in [2.75, 3.05) is 13.2 Å². The van der Waals surface area contributed by atoms with Gasteiger partial charge in [-0.15, -0.1) is 0 Å². The molecule has 34 heavy (non-hydrogen) atoms. The number of carbonyl (C=O) groups excluding carboxylic acids is 1. The highest BCUT2D eigenvalue weighted by Crippen LogP contribution is 2.40. The summed E-state index contributed by atoms with van der Waals surface area (Å²) in [5.74, 6) is 0.737. The maximum Gasteiger partial charge on any atom is 0.306 e. The standard InChI is InChI=1S/C28H40O6/c1-19(2)34-28(31)10-5-4-8-21-11-13-25-24(26(30)16-27(25)33-17-21)14-12-22(29)18-32-23-9-6-7-20(3)15-23/h6-7,9,11-12,14-15,19,22,24-27,29-30H,4-5,8,10,13,16-18H2,1-3H3/b14-12+/t22-,24-,25-,26-,27+/m1/s1. The van der Waals surface area contributed by atoms with Crippen LogP contribution in [0, 0.1) is 18.8 Å². The van der Waals surface area contributed by atoms with Gasteiger partial charge in [-0.25, -0.2) is 0 Å². The van der Waals surface area contributed by atoms with Crippen molar-refractivity contribution in [3.05, 3.63) is 53.6 Å². The predicted molar refractivity (Wildman–Crippen MR) is 132 cm³/mol. The Bertz CT molecular complexity index is 845. The van der Waals surface area contributed by atoms with E-state index in [1.54, 1.807) is 6.08 Å². The van der Waals surface area contributed by atoms with E-state index >= 15 is 0 Å². The molecule has 0 amide bonds. The van der Waals surface area contributed by atoms with Gasteiger partial charge in [0.05, 0.1) is 24.9 Å². The number of aliphatic hydroxyl groups excluding tert-OH is 2. The molecule has 2 N–H and O–H groups in total. The maximum absolute atomic E-state index is 11.7. The van der Waals surface area contributed by atoms with E-state index in [0.29, 0.717) is 19.4 Å². The van der Waals surface area contributed by atoms with Crippen molar-refractivity contribution in [3.63, 3.8) is 0 Å². The molecule has 0 bridgehead atoms. The van der Waals surface area contributed by atoms with Crippen LogP contribution >= 0.6 is 0 Å². The van der Waals surface area contributed by atoms with E-state index in [1.165, 1.54) is 5.57 Å². The lowest BCUT2D eigenvalue weighted by atomic mass is 9.89. The molecule has 6 nitrogen and oxygen atoms in total. The van der Waals surface area contributed by atoms with Crippen LogP contribution in [-0.2, 0) is 14.3 Å². The summed E-state index contributed by atoms with van der Waals surface area (Å²) in [5, 5.41) is 21.0. The van der Waals surface area contributed by atoms with Gasteiger partial charge >= 0.3 is 5.97 Å². The average Bonchev–Trinajstić information content (AvgIpc) is 2.94. The van der Waals surface area contributed by atoms with Crippen LogP contribution in [0.15, 0.2) is 48.1 Å². The summed E-state index contributed by atoms with van der Waals surface area (Å²) in [7, 11) is 0. The Hall–Kier alpha value is -2.15. The highest BCUT2D eigenvalue weighted by molar-refractivity contribution is 5.69. The third-order valence-electron chi connectivity index (χ3n) is 6.51. The lowest BCUT2D eigenvalue weighted by Crippen LogP contribution is -2.22. The predicted octanol–water partition coefficient (Wildman–Crippen LogP) is 4.52. The molecule has 1 saturated carbocycles. The number of rotatable bonds is 11. The number of carbonyl (C=O) groups is 1. The van der Waals surface area contributed by atoms with E-state index in [2.05, 4.69) is 6.08 Å². The Labute approximate surface area is 203 Å². The molecule has 1 heterocycles. The molecular weight excluding hydrogens is 432 g/mol. The summed E-state index contributed by atoms with van der Waals surface area (Å²) in [4.78, 5) is 11.7. The zero-order valence-electron chi connectivity index (χ0n) is 20.7. The minimum atomic E-state index is -0.744. The summed E-state index contributed by atoms with van der Waals surface area (Å²) in [6.45, 7) is 6.47. The average molecular weight is 473 g/mol. The highest BCUT2D eigenvalue weighted by Gasteiger charge is 2.42. The van der Waals surface area contributed by atoms with Gasteiger partial charge in [0.1, 0.15) is 18.5 Å². The lowest BCUT2D eigenvalue weighted by Gasteiger charge is -2.20. The first kappa shape index (κ1) is 26.5.